The van der Waals surface area contributed by atoms with Gasteiger partial charge in [-0.25, -0.2) is 4.98 Å². The Balaban J connectivity index is 1.63. The van der Waals surface area contributed by atoms with E-state index >= 15 is 0 Å². The first-order chi connectivity index (χ1) is 11.9. The highest BCUT2D eigenvalue weighted by molar-refractivity contribution is 7.99. The van der Waals surface area contributed by atoms with Crippen molar-refractivity contribution in [2.75, 3.05) is 24.6 Å². The van der Waals surface area contributed by atoms with Gasteiger partial charge < -0.3 is 9.64 Å². The van der Waals surface area contributed by atoms with Crippen molar-refractivity contribution in [2.24, 2.45) is 0 Å². The van der Waals surface area contributed by atoms with Gasteiger partial charge in [-0.15, -0.1) is 24.5 Å². The third kappa shape index (κ3) is 5.12. The first kappa shape index (κ1) is 18.1. The number of ether oxygens (including phenoxy) is 1. The number of benzene rings is 1. The lowest BCUT2D eigenvalue weighted by molar-refractivity contribution is -0.274. The number of alkyl halides is 3. The molecule has 0 spiro atoms. The zero-order valence-electron chi connectivity index (χ0n) is 13.1. The Morgan fingerprint density at radius 2 is 1.88 bits per heavy atom. The lowest BCUT2D eigenvalue weighted by Crippen LogP contribution is -2.38. The van der Waals surface area contributed by atoms with Crippen LogP contribution in [0.4, 0.5) is 13.2 Å². The number of hydrogen-bond acceptors (Lipinski definition) is 5. The SMILES string of the molecule is O=C(Cc1cnc(-c2ccc(OC(F)(F)F)cc2)s1)N1CCSCC1. The first-order valence-corrected chi connectivity index (χ1v) is 9.54. The van der Waals surface area contributed by atoms with Crippen LogP contribution in [0.3, 0.4) is 0 Å². The molecule has 25 heavy (non-hydrogen) atoms. The standard InChI is InChI=1S/C16H15F3N2O2S2/c17-16(18,19)23-12-3-1-11(2-4-12)15-20-10-13(25-15)9-14(22)21-5-7-24-8-6-21/h1-4,10H,5-9H2. The Morgan fingerprint density at radius 3 is 2.52 bits per heavy atom. The van der Waals surface area contributed by atoms with Crippen LogP contribution in [0.1, 0.15) is 4.88 Å². The van der Waals surface area contributed by atoms with Crippen LogP contribution in [0.25, 0.3) is 10.6 Å². The molecule has 1 aromatic heterocycles. The smallest absolute Gasteiger partial charge is 0.406 e. The molecular formula is C16H15F3N2O2S2. The molecule has 1 amide bonds. The minimum absolute atomic E-state index is 0.0874. The van der Waals surface area contributed by atoms with E-state index in [9.17, 15) is 18.0 Å². The van der Waals surface area contributed by atoms with E-state index in [1.807, 2.05) is 16.7 Å². The summed E-state index contributed by atoms with van der Waals surface area (Å²) in [6, 6.07) is 5.54. The van der Waals surface area contributed by atoms with Gasteiger partial charge in [-0.1, -0.05) is 0 Å². The Hall–Kier alpha value is -1.74. The van der Waals surface area contributed by atoms with E-state index < -0.39 is 6.36 Å². The number of thioether (sulfide) groups is 1. The van der Waals surface area contributed by atoms with Crippen molar-refractivity contribution in [1.82, 2.24) is 9.88 Å². The molecule has 0 radical (unpaired) electrons. The molecule has 0 saturated carbocycles. The Labute approximate surface area is 151 Å². The lowest BCUT2D eigenvalue weighted by Gasteiger charge is -2.26. The predicted octanol–water partition coefficient (Wildman–Crippen LogP) is 3.83. The summed E-state index contributed by atoms with van der Waals surface area (Å²) in [7, 11) is 0. The molecule has 0 N–H and O–H groups in total. The highest BCUT2D eigenvalue weighted by Gasteiger charge is 2.31. The molecule has 1 aromatic carbocycles. The number of aromatic nitrogens is 1. The van der Waals surface area contributed by atoms with Crippen molar-refractivity contribution >= 4 is 29.0 Å². The van der Waals surface area contributed by atoms with E-state index in [2.05, 4.69) is 9.72 Å². The van der Waals surface area contributed by atoms with Gasteiger partial charge in [0.25, 0.3) is 0 Å². The van der Waals surface area contributed by atoms with Crippen molar-refractivity contribution in [3.05, 3.63) is 35.3 Å². The summed E-state index contributed by atoms with van der Waals surface area (Å²) < 4.78 is 40.4. The van der Waals surface area contributed by atoms with Gasteiger partial charge in [-0.3, -0.25) is 4.79 Å². The summed E-state index contributed by atoms with van der Waals surface area (Å²) in [5.74, 6) is 1.74. The Bertz CT molecular complexity index is 726. The van der Waals surface area contributed by atoms with Gasteiger partial charge in [0.1, 0.15) is 10.8 Å². The molecule has 1 aliphatic heterocycles. The third-order valence-electron chi connectivity index (χ3n) is 3.58. The largest absolute Gasteiger partial charge is 0.573 e. The predicted molar refractivity (Wildman–Crippen MR) is 91.8 cm³/mol. The number of nitrogens with zero attached hydrogens (tertiary/aromatic N) is 2. The number of rotatable bonds is 4. The summed E-state index contributed by atoms with van der Waals surface area (Å²) in [4.78, 5) is 19.2. The molecule has 4 nitrogen and oxygen atoms in total. The van der Waals surface area contributed by atoms with Crippen molar-refractivity contribution in [3.63, 3.8) is 0 Å². The summed E-state index contributed by atoms with van der Waals surface area (Å²) in [5, 5.41) is 0.663. The molecule has 1 aliphatic rings. The van der Waals surface area contributed by atoms with Gasteiger partial charge in [-0.05, 0) is 24.3 Å². The Kier molecular flexibility index (Phi) is 5.53. The summed E-state index contributed by atoms with van der Waals surface area (Å²) >= 11 is 3.21. The average molecular weight is 388 g/mol. The van der Waals surface area contributed by atoms with Gasteiger partial charge in [0.05, 0.1) is 6.42 Å². The monoisotopic (exact) mass is 388 g/mol. The summed E-state index contributed by atoms with van der Waals surface area (Å²) in [6.07, 6.45) is -2.75. The molecule has 3 rings (SSSR count). The van der Waals surface area contributed by atoms with Gasteiger partial charge in [0, 0.05) is 41.2 Å². The zero-order chi connectivity index (χ0) is 17.9. The van der Waals surface area contributed by atoms with Crippen LogP contribution in [-0.4, -0.2) is 46.7 Å². The number of carbonyl (C=O) groups is 1. The third-order valence-corrected chi connectivity index (χ3v) is 5.57. The molecule has 1 fully saturated rings. The van der Waals surface area contributed by atoms with Crippen LogP contribution in [0.2, 0.25) is 0 Å². The highest BCUT2D eigenvalue weighted by Crippen LogP contribution is 2.29. The maximum Gasteiger partial charge on any atom is 0.573 e. The van der Waals surface area contributed by atoms with Gasteiger partial charge in [0.15, 0.2) is 0 Å². The normalized spacial score (nSPS) is 15.2. The van der Waals surface area contributed by atoms with Crippen LogP contribution in [0.15, 0.2) is 30.5 Å². The van der Waals surface area contributed by atoms with Gasteiger partial charge >= 0.3 is 6.36 Å². The number of carbonyl (C=O) groups excluding carboxylic acids is 1. The average Bonchev–Trinajstić information content (AvgIpc) is 3.03. The van der Waals surface area contributed by atoms with Crippen molar-refractivity contribution in [3.8, 4) is 16.3 Å². The van der Waals surface area contributed by atoms with Crippen LogP contribution in [0.5, 0.6) is 5.75 Å². The number of thiazole rings is 1. The van der Waals surface area contributed by atoms with Crippen molar-refractivity contribution < 1.29 is 22.7 Å². The molecule has 2 heterocycles. The van der Waals surface area contributed by atoms with Crippen LogP contribution < -0.4 is 4.74 Å². The molecule has 0 unspecified atom stereocenters. The van der Waals surface area contributed by atoms with E-state index in [0.29, 0.717) is 17.0 Å². The maximum atomic E-state index is 12.3. The molecule has 9 heteroatoms. The van der Waals surface area contributed by atoms with E-state index in [-0.39, 0.29) is 11.7 Å². The number of halogens is 3. The Morgan fingerprint density at radius 1 is 1.20 bits per heavy atom. The summed E-state index contributed by atoms with van der Waals surface area (Å²) in [5.41, 5.74) is 0.688. The van der Waals surface area contributed by atoms with Gasteiger partial charge in [0.2, 0.25) is 5.91 Å². The van der Waals surface area contributed by atoms with Crippen LogP contribution >= 0.6 is 23.1 Å². The molecule has 134 valence electrons. The molecule has 0 aliphatic carbocycles. The maximum absolute atomic E-state index is 12.3. The minimum atomic E-state index is -4.71. The highest BCUT2D eigenvalue weighted by atomic mass is 32.2. The number of hydrogen-bond donors (Lipinski definition) is 0. The fourth-order valence-electron chi connectivity index (χ4n) is 2.40. The van der Waals surface area contributed by atoms with E-state index in [0.717, 1.165) is 29.5 Å². The fraction of sp³-hybridized carbons (Fsp3) is 0.375. The van der Waals surface area contributed by atoms with E-state index in [1.165, 1.54) is 35.6 Å². The molecule has 2 aromatic rings. The quantitative estimate of drug-likeness (QED) is 0.799. The molecule has 0 bridgehead atoms. The molecule has 1 saturated heterocycles. The summed E-state index contributed by atoms with van der Waals surface area (Å²) in [6.45, 7) is 1.55. The second-order valence-corrected chi connectivity index (χ2v) is 7.71. The molecular weight excluding hydrogens is 373 g/mol. The zero-order valence-corrected chi connectivity index (χ0v) is 14.7. The van der Waals surface area contributed by atoms with Crippen LogP contribution in [-0.2, 0) is 11.2 Å². The van der Waals surface area contributed by atoms with Crippen molar-refractivity contribution in [1.29, 1.82) is 0 Å². The van der Waals surface area contributed by atoms with Gasteiger partial charge in [-0.2, -0.15) is 11.8 Å². The first-order valence-electron chi connectivity index (χ1n) is 7.57. The lowest BCUT2D eigenvalue weighted by atomic mass is 10.2. The van der Waals surface area contributed by atoms with Crippen molar-refractivity contribution in [2.45, 2.75) is 12.8 Å². The van der Waals surface area contributed by atoms with E-state index in [1.54, 1.807) is 6.20 Å². The minimum Gasteiger partial charge on any atom is -0.406 e. The van der Waals surface area contributed by atoms with Crippen LogP contribution in [0, 0.1) is 0 Å². The number of amides is 1. The van der Waals surface area contributed by atoms with E-state index in [4.69, 9.17) is 0 Å². The topological polar surface area (TPSA) is 42.4 Å². The second-order valence-electron chi connectivity index (χ2n) is 5.37. The second kappa shape index (κ2) is 7.65. The fourth-order valence-corrected chi connectivity index (χ4v) is 4.21. The molecule has 0 atom stereocenters.